The Kier molecular flexibility index (Phi) is 4.05. The maximum absolute atomic E-state index is 5.22. The molecule has 1 aromatic heterocycles. The Morgan fingerprint density at radius 3 is 3.00 bits per heavy atom. The van der Waals surface area contributed by atoms with E-state index in [1.807, 2.05) is 6.26 Å². The van der Waals surface area contributed by atoms with Crippen molar-refractivity contribution in [2.45, 2.75) is 45.6 Å². The predicted molar refractivity (Wildman–Crippen MR) is 66.2 cm³/mol. The van der Waals surface area contributed by atoms with Crippen molar-refractivity contribution in [3.8, 4) is 0 Å². The van der Waals surface area contributed by atoms with Gasteiger partial charge in [-0.25, -0.2) is 0 Å². The fraction of sp³-hybridized carbons (Fsp3) is 0.714. The molecule has 1 aliphatic carbocycles. The largest absolute Gasteiger partial charge is 0.472 e. The summed E-state index contributed by atoms with van der Waals surface area (Å²) in [4.78, 5) is 0. The maximum atomic E-state index is 5.22. The first kappa shape index (κ1) is 11.7. The normalized spacial score (nSPS) is 27.9. The lowest BCUT2D eigenvalue weighted by atomic mass is 9.77. The first-order valence-electron chi connectivity index (χ1n) is 6.56. The molecule has 0 aliphatic heterocycles. The van der Waals surface area contributed by atoms with Crippen LogP contribution in [0, 0.1) is 11.8 Å². The molecule has 3 atom stereocenters. The second kappa shape index (κ2) is 5.53. The molecule has 1 aromatic rings. The molecule has 0 spiro atoms. The smallest absolute Gasteiger partial charge is 0.0950 e. The third kappa shape index (κ3) is 2.67. The van der Waals surface area contributed by atoms with Crippen LogP contribution in [0.3, 0.4) is 0 Å². The van der Waals surface area contributed by atoms with E-state index >= 15 is 0 Å². The van der Waals surface area contributed by atoms with Gasteiger partial charge in [-0.3, -0.25) is 0 Å². The monoisotopic (exact) mass is 221 g/mol. The van der Waals surface area contributed by atoms with E-state index in [9.17, 15) is 0 Å². The van der Waals surface area contributed by atoms with E-state index in [2.05, 4.69) is 25.2 Å². The molecule has 1 aliphatic rings. The van der Waals surface area contributed by atoms with Crippen LogP contribution in [0.5, 0.6) is 0 Å². The van der Waals surface area contributed by atoms with Gasteiger partial charge < -0.3 is 9.73 Å². The third-order valence-corrected chi connectivity index (χ3v) is 3.77. The number of furan rings is 1. The van der Waals surface area contributed by atoms with Crippen LogP contribution >= 0.6 is 0 Å². The summed E-state index contributed by atoms with van der Waals surface area (Å²) in [6.07, 6.45) is 9.17. The molecule has 1 heterocycles. The van der Waals surface area contributed by atoms with Crippen LogP contribution in [-0.4, -0.2) is 6.54 Å². The highest BCUT2D eigenvalue weighted by molar-refractivity contribution is 5.13. The molecule has 0 aromatic carbocycles. The van der Waals surface area contributed by atoms with Crippen LogP contribution in [0.4, 0.5) is 0 Å². The fourth-order valence-electron chi connectivity index (χ4n) is 3.01. The Morgan fingerprint density at radius 2 is 2.38 bits per heavy atom. The van der Waals surface area contributed by atoms with Crippen LogP contribution in [0.25, 0.3) is 0 Å². The fourth-order valence-corrected chi connectivity index (χ4v) is 3.01. The van der Waals surface area contributed by atoms with Gasteiger partial charge in [-0.1, -0.05) is 26.7 Å². The van der Waals surface area contributed by atoms with Crippen molar-refractivity contribution < 1.29 is 4.42 Å². The van der Waals surface area contributed by atoms with Crippen LogP contribution in [-0.2, 0) is 0 Å². The Morgan fingerprint density at radius 1 is 1.50 bits per heavy atom. The van der Waals surface area contributed by atoms with E-state index in [4.69, 9.17) is 4.42 Å². The summed E-state index contributed by atoms with van der Waals surface area (Å²) in [6.45, 7) is 5.59. The van der Waals surface area contributed by atoms with E-state index in [1.54, 1.807) is 6.26 Å². The Bertz CT molecular complexity index is 294. The predicted octanol–water partition coefficient (Wildman–Crippen LogP) is 3.76. The second-order valence-corrected chi connectivity index (χ2v) is 5.12. The minimum atomic E-state index is 0.492. The van der Waals surface area contributed by atoms with E-state index in [-0.39, 0.29) is 0 Å². The minimum Gasteiger partial charge on any atom is -0.472 e. The summed E-state index contributed by atoms with van der Waals surface area (Å²) in [7, 11) is 0. The van der Waals surface area contributed by atoms with E-state index in [0.717, 1.165) is 18.4 Å². The number of hydrogen-bond acceptors (Lipinski definition) is 2. The lowest BCUT2D eigenvalue weighted by Crippen LogP contribution is -2.30. The molecule has 0 bridgehead atoms. The van der Waals surface area contributed by atoms with Crippen LogP contribution in [0.15, 0.2) is 23.0 Å². The van der Waals surface area contributed by atoms with Crippen LogP contribution in [0.1, 0.15) is 51.1 Å². The average molecular weight is 221 g/mol. The van der Waals surface area contributed by atoms with Gasteiger partial charge in [0.25, 0.3) is 0 Å². The topological polar surface area (TPSA) is 25.2 Å². The van der Waals surface area contributed by atoms with E-state index in [1.165, 1.54) is 31.2 Å². The quantitative estimate of drug-likeness (QED) is 0.837. The lowest BCUT2D eigenvalue weighted by Gasteiger charge is -2.33. The summed E-state index contributed by atoms with van der Waals surface area (Å²) in [5.74, 6) is 1.66. The average Bonchev–Trinajstić information content (AvgIpc) is 2.79. The van der Waals surface area contributed by atoms with Gasteiger partial charge in [0.2, 0.25) is 0 Å². The zero-order valence-electron chi connectivity index (χ0n) is 10.4. The highest BCUT2D eigenvalue weighted by Crippen LogP contribution is 2.37. The van der Waals surface area contributed by atoms with Crippen molar-refractivity contribution in [2.24, 2.45) is 11.8 Å². The Labute approximate surface area is 98.4 Å². The van der Waals surface area contributed by atoms with Gasteiger partial charge in [-0.05, 0) is 37.3 Å². The SMILES string of the molecule is CCNC(c1ccoc1)C1CCCC(C)C1. The number of hydrogen-bond donors (Lipinski definition) is 1. The molecule has 0 amide bonds. The lowest BCUT2D eigenvalue weighted by molar-refractivity contribution is 0.224. The zero-order valence-corrected chi connectivity index (χ0v) is 10.4. The van der Waals surface area contributed by atoms with Gasteiger partial charge in [0.05, 0.1) is 12.5 Å². The molecule has 0 radical (unpaired) electrons. The molecular formula is C14H23NO. The van der Waals surface area contributed by atoms with Gasteiger partial charge in [0, 0.05) is 11.6 Å². The van der Waals surface area contributed by atoms with Gasteiger partial charge in [-0.2, -0.15) is 0 Å². The van der Waals surface area contributed by atoms with Crippen molar-refractivity contribution in [3.05, 3.63) is 24.2 Å². The van der Waals surface area contributed by atoms with Gasteiger partial charge >= 0.3 is 0 Å². The first-order valence-corrected chi connectivity index (χ1v) is 6.56. The summed E-state index contributed by atoms with van der Waals surface area (Å²) in [5, 5.41) is 3.62. The van der Waals surface area contributed by atoms with Crippen molar-refractivity contribution in [1.29, 1.82) is 0 Å². The van der Waals surface area contributed by atoms with Gasteiger partial charge in [0.1, 0.15) is 0 Å². The number of rotatable bonds is 4. The highest BCUT2D eigenvalue weighted by Gasteiger charge is 2.27. The van der Waals surface area contributed by atoms with Crippen LogP contribution in [0.2, 0.25) is 0 Å². The molecule has 2 nitrogen and oxygen atoms in total. The number of nitrogens with one attached hydrogen (secondary N) is 1. The zero-order chi connectivity index (χ0) is 11.4. The molecule has 90 valence electrons. The molecule has 2 heteroatoms. The van der Waals surface area contributed by atoms with Crippen molar-refractivity contribution >= 4 is 0 Å². The molecule has 0 saturated heterocycles. The second-order valence-electron chi connectivity index (χ2n) is 5.12. The molecule has 1 fully saturated rings. The summed E-state index contributed by atoms with van der Waals surface area (Å²) >= 11 is 0. The highest BCUT2D eigenvalue weighted by atomic mass is 16.3. The van der Waals surface area contributed by atoms with Crippen molar-refractivity contribution in [3.63, 3.8) is 0 Å². The van der Waals surface area contributed by atoms with Crippen molar-refractivity contribution in [1.82, 2.24) is 5.32 Å². The van der Waals surface area contributed by atoms with Gasteiger partial charge in [-0.15, -0.1) is 0 Å². The maximum Gasteiger partial charge on any atom is 0.0950 e. The van der Waals surface area contributed by atoms with Crippen LogP contribution < -0.4 is 5.32 Å². The van der Waals surface area contributed by atoms with E-state index < -0.39 is 0 Å². The standard InChI is InChI=1S/C14H23NO/c1-3-15-14(13-7-8-16-10-13)12-6-4-5-11(2)9-12/h7-8,10-12,14-15H,3-6,9H2,1-2H3. The summed E-state index contributed by atoms with van der Waals surface area (Å²) < 4.78 is 5.22. The Balaban J connectivity index is 2.06. The summed E-state index contributed by atoms with van der Waals surface area (Å²) in [5.41, 5.74) is 1.32. The molecule has 1 N–H and O–H groups in total. The Hall–Kier alpha value is -0.760. The third-order valence-electron chi connectivity index (χ3n) is 3.77. The molecule has 1 saturated carbocycles. The van der Waals surface area contributed by atoms with Gasteiger partial charge in [0.15, 0.2) is 0 Å². The first-order chi connectivity index (χ1) is 7.81. The molecule has 2 rings (SSSR count). The molecule has 3 unspecified atom stereocenters. The molecule has 16 heavy (non-hydrogen) atoms. The molecular weight excluding hydrogens is 198 g/mol. The summed E-state index contributed by atoms with van der Waals surface area (Å²) in [6, 6.07) is 2.60. The van der Waals surface area contributed by atoms with Crippen molar-refractivity contribution in [2.75, 3.05) is 6.54 Å². The minimum absolute atomic E-state index is 0.492. The van der Waals surface area contributed by atoms with E-state index in [0.29, 0.717) is 6.04 Å².